The molecule has 2 fully saturated rings. The van der Waals surface area contributed by atoms with Crippen LogP contribution in [0.15, 0.2) is 17.6 Å². The number of nitrogens with zero attached hydrogens (tertiary/aromatic N) is 3. The second-order valence-electron chi connectivity index (χ2n) is 5.16. The molecule has 6 nitrogen and oxygen atoms in total. The van der Waals surface area contributed by atoms with E-state index in [1.807, 2.05) is 0 Å². The topological polar surface area (TPSA) is 81.2 Å². The van der Waals surface area contributed by atoms with Crippen molar-refractivity contribution in [2.75, 3.05) is 13.1 Å². The molecule has 0 spiro atoms. The molecule has 1 saturated carbocycles. The van der Waals surface area contributed by atoms with Gasteiger partial charge in [0.1, 0.15) is 0 Å². The molecular formula is C10H16N4O2S. The maximum absolute atomic E-state index is 12.2. The van der Waals surface area contributed by atoms with E-state index in [4.69, 9.17) is 5.73 Å². The Kier molecular flexibility index (Phi) is 2.17. The van der Waals surface area contributed by atoms with Crippen LogP contribution in [0.4, 0.5) is 0 Å². The summed E-state index contributed by atoms with van der Waals surface area (Å²) in [7, 11) is -1.69. The number of aryl methyl sites for hydroxylation is 1. The molecule has 1 aliphatic heterocycles. The second-order valence-corrected chi connectivity index (χ2v) is 7.04. The van der Waals surface area contributed by atoms with E-state index in [2.05, 4.69) is 4.98 Å². The second kappa shape index (κ2) is 3.30. The van der Waals surface area contributed by atoms with Crippen molar-refractivity contribution in [3.05, 3.63) is 12.5 Å². The van der Waals surface area contributed by atoms with Gasteiger partial charge >= 0.3 is 0 Å². The van der Waals surface area contributed by atoms with Gasteiger partial charge in [-0.25, -0.2) is 13.4 Å². The van der Waals surface area contributed by atoms with Gasteiger partial charge in [-0.2, -0.15) is 4.31 Å². The summed E-state index contributed by atoms with van der Waals surface area (Å²) in [6, 6.07) is 0. The fourth-order valence-electron chi connectivity index (χ4n) is 2.35. The lowest BCUT2D eigenvalue weighted by Crippen LogP contribution is -2.69. The molecule has 0 aromatic carbocycles. The molecule has 94 valence electrons. The number of imidazole rings is 1. The Morgan fingerprint density at radius 3 is 2.59 bits per heavy atom. The normalized spacial score (nSPS) is 24.6. The van der Waals surface area contributed by atoms with Gasteiger partial charge in [-0.05, 0) is 18.8 Å². The van der Waals surface area contributed by atoms with Crippen LogP contribution in [0.1, 0.15) is 12.8 Å². The minimum atomic E-state index is -3.44. The van der Waals surface area contributed by atoms with Gasteiger partial charge in [0.2, 0.25) is 0 Å². The van der Waals surface area contributed by atoms with Crippen molar-refractivity contribution < 1.29 is 8.42 Å². The molecule has 0 unspecified atom stereocenters. The average molecular weight is 256 g/mol. The van der Waals surface area contributed by atoms with Crippen LogP contribution >= 0.6 is 0 Å². The van der Waals surface area contributed by atoms with Crippen LogP contribution in [0, 0.1) is 5.92 Å². The van der Waals surface area contributed by atoms with Gasteiger partial charge in [0.15, 0.2) is 5.03 Å². The Hall–Kier alpha value is -0.920. The maximum atomic E-state index is 12.2. The van der Waals surface area contributed by atoms with E-state index < -0.39 is 10.0 Å². The summed E-state index contributed by atoms with van der Waals surface area (Å²) in [6.45, 7) is 0.854. The number of hydrogen-bond acceptors (Lipinski definition) is 4. The highest BCUT2D eigenvalue weighted by Crippen LogP contribution is 2.44. The molecular weight excluding hydrogens is 240 g/mol. The zero-order valence-corrected chi connectivity index (χ0v) is 10.5. The van der Waals surface area contributed by atoms with E-state index in [0.717, 1.165) is 12.8 Å². The van der Waals surface area contributed by atoms with E-state index in [9.17, 15) is 8.42 Å². The monoisotopic (exact) mass is 256 g/mol. The molecule has 0 amide bonds. The first-order chi connectivity index (χ1) is 7.92. The molecule has 1 aromatic heterocycles. The number of hydrogen-bond donors (Lipinski definition) is 1. The summed E-state index contributed by atoms with van der Waals surface area (Å²) in [5.41, 5.74) is 5.86. The van der Waals surface area contributed by atoms with E-state index in [-0.39, 0.29) is 10.6 Å². The Balaban J connectivity index is 1.78. The van der Waals surface area contributed by atoms with Crippen molar-refractivity contribution in [2.24, 2.45) is 18.7 Å². The predicted molar refractivity (Wildman–Crippen MR) is 61.6 cm³/mol. The minimum Gasteiger partial charge on any atom is -0.339 e. The SMILES string of the molecule is Cn1cnc(S(=O)(=O)N2CC(N)(C3CC3)C2)c1. The van der Waals surface area contributed by atoms with Crippen molar-refractivity contribution in [2.45, 2.75) is 23.4 Å². The Morgan fingerprint density at radius 1 is 1.47 bits per heavy atom. The Morgan fingerprint density at radius 2 is 2.12 bits per heavy atom. The zero-order chi connectivity index (χ0) is 12.3. The first-order valence-corrected chi connectivity index (χ1v) is 7.13. The highest BCUT2D eigenvalue weighted by Gasteiger charge is 2.54. The minimum absolute atomic E-state index is 0.109. The number of aromatic nitrogens is 2. The molecule has 1 aromatic rings. The van der Waals surface area contributed by atoms with Crippen LogP contribution in [-0.2, 0) is 17.1 Å². The van der Waals surface area contributed by atoms with Crippen molar-refractivity contribution in [1.82, 2.24) is 13.9 Å². The fourth-order valence-corrected chi connectivity index (χ4v) is 3.92. The molecule has 3 rings (SSSR count). The molecule has 2 heterocycles. The quantitative estimate of drug-likeness (QED) is 0.793. The summed E-state index contributed by atoms with van der Waals surface area (Å²) in [6.07, 6.45) is 5.27. The lowest BCUT2D eigenvalue weighted by Gasteiger charge is -2.46. The van der Waals surface area contributed by atoms with Crippen molar-refractivity contribution >= 4 is 10.0 Å². The van der Waals surface area contributed by atoms with Crippen LogP contribution in [0.3, 0.4) is 0 Å². The van der Waals surface area contributed by atoms with E-state index in [0.29, 0.717) is 19.0 Å². The lowest BCUT2D eigenvalue weighted by molar-refractivity contribution is 0.135. The van der Waals surface area contributed by atoms with Crippen LogP contribution in [0.5, 0.6) is 0 Å². The van der Waals surface area contributed by atoms with Gasteiger partial charge in [-0.1, -0.05) is 0 Å². The molecule has 2 aliphatic rings. The molecule has 0 bridgehead atoms. The Bertz CT molecular complexity index is 540. The van der Waals surface area contributed by atoms with Crippen molar-refractivity contribution in [1.29, 1.82) is 0 Å². The molecule has 1 saturated heterocycles. The van der Waals surface area contributed by atoms with Crippen molar-refractivity contribution in [3.8, 4) is 0 Å². The van der Waals surface area contributed by atoms with E-state index in [1.54, 1.807) is 11.6 Å². The summed E-state index contributed by atoms with van der Waals surface area (Å²) in [5.74, 6) is 0.512. The van der Waals surface area contributed by atoms with Gasteiger partial charge in [-0.15, -0.1) is 0 Å². The van der Waals surface area contributed by atoms with Gasteiger partial charge in [-0.3, -0.25) is 0 Å². The fraction of sp³-hybridized carbons (Fsp3) is 0.700. The number of rotatable bonds is 3. The molecule has 17 heavy (non-hydrogen) atoms. The third-order valence-corrected chi connectivity index (χ3v) is 5.29. The lowest BCUT2D eigenvalue weighted by atomic mass is 9.88. The standard InChI is InChI=1S/C10H16N4O2S/c1-13-4-9(12-7-13)17(15,16)14-5-10(11,6-14)8-2-3-8/h4,7-8H,2-3,5-6,11H2,1H3. The Labute approximate surface area is 100 Å². The molecule has 2 N–H and O–H groups in total. The summed E-state index contributed by atoms with van der Waals surface area (Å²) >= 11 is 0. The van der Waals surface area contributed by atoms with Gasteiger partial charge in [0, 0.05) is 31.9 Å². The van der Waals surface area contributed by atoms with Gasteiger partial charge < -0.3 is 10.3 Å². The predicted octanol–water partition coefficient (Wildman–Crippen LogP) is -0.468. The number of sulfonamides is 1. The summed E-state index contributed by atoms with van der Waals surface area (Å²) in [4.78, 5) is 3.89. The van der Waals surface area contributed by atoms with Crippen LogP contribution in [0.25, 0.3) is 0 Å². The summed E-state index contributed by atoms with van der Waals surface area (Å²) in [5, 5.41) is 0.109. The highest BCUT2D eigenvalue weighted by molar-refractivity contribution is 7.89. The largest absolute Gasteiger partial charge is 0.339 e. The smallest absolute Gasteiger partial charge is 0.262 e. The molecule has 0 radical (unpaired) electrons. The first kappa shape index (κ1) is 11.2. The van der Waals surface area contributed by atoms with Crippen LogP contribution in [0.2, 0.25) is 0 Å². The zero-order valence-electron chi connectivity index (χ0n) is 9.70. The average Bonchev–Trinajstić information content (AvgIpc) is 2.97. The third kappa shape index (κ3) is 1.69. The third-order valence-electron chi connectivity index (χ3n) is 3.62. The van der Waals surface area contributed by atoms with Crippen LogP contribution in [-0.4, -0.2) is 40.9 Å². The molecule has 0 atom stereocenters. The molecule has 1 aliphatic carbocycles. The van der Waals surface area contributed by atoms with Gasteiger partial charge in [0.05, 0.1) is 6.33 Å². The highest BCUT2D eigenvalue weighted by atomic mass is 32.2. The number of nitrogens with two attached hydrogens (primary N) is 1. The van der Waals surface area contributed by atoms with Crippen LogP contribution < -0.4 is 5.73 Å². The first-order valence-electron chi connectivity index (χ1n) is 5.69. The van der Waals surface area contributed by atoms with Gasteiger partial charge in [0.25, 0.3) is 10.0 Å². The summed E-state index contributed by atoms with van der Waals surface area (Å²) < 4.78 is 27.4. The van der Waals surface area contributed by atoms with E-state index in [1.165, 1.54) is 16.8 Å². The molecule has 7 heteroatoms. The maximum Gasteiger partial charge on any atom is 0.262 e. The van der Waals surface area contributed by atoms with E-state index >= 15 is 0 Å². The van der Waals surface area contributed by atoms with Crippen molar-refractivity contribution in [3.63, 3.8) is 0 Å².